The zero-order valence-corrected chi connectivity index (χ0v) is 21.6. The van der Waals surface area contributed by atoms with E-state index in [2.05, 4.69) is 16.0 Å². The minimum Gasteiger partial charge on any atom is -0.508 e. The lowest BCUT2D eigenvalue weighted by Crippen LogP contribution is -2.57. The van der Waals surface area contributed by atoms with Crippen molar-refractivity contribution in [2.24, 2.45) is 17.6 Å². The molecule has 1 aromatic carbocycles. The number of hydrogen-bond acceptors (Lipinski definition) is 7. The second-order valence-corrected chi connectivity index (χ2v) is 9.86. The summed E-state index contributed by atoms with van der Waals surface area (Å²) >= 11 is 0. The van der Waals surface area contributed by atoms with Crippen molar-refractivity contribution in [1.82, 2.24) is 16.0 Å². The first kappa shape index (κ1) is 31.4. The first-order valence-corrected chi connectivity index (χ1v) is 12.1. The van der Waals surface area contributed by atoms with Crippen molar-refractivity contribution in [1.29, 1.82) is 0 Å². The number of carbonyl (C=O) groups excluding carboxylic acids is 3. The van der Waals surface area contributed by atoms with Crippen LogP contribution in [0.15, 0.2) is 24.3 Å². The average molecular weight is 523 g/mol. The second-order valence-electron chi connectivity index (χ2n) is 9.86. The molecule has 206 valence electrons. The molecular weight excluding hydrogens is 484 g/mol. The van der Waals surface area contributed by atoms with E-state index in [4.69, 9.17) is 10.8 Å². The summed E-state index contributed by atoms with van der Waals surface area (Å²) in [5, 5.41) is 34.9. The molecule has 0 saturated heterocycles. The van der Waals surface area contributed by atoms with Crippen LogP contribution in [-0.4, -0.2) is 69.1 Å². The second kappa shape index (κ2) is 14.8. The first-order valence-electron chi connectivity index (χ1n) is 12.1. The Morgan fingerprint density at radius 1 is 0.757 bits per heavy atom. The third-order valence-corrected chi connectivity index (χ3v) is 5.40. The van der Waals surface area contributed by atoms with Crippen LogP contribution in [0.25, 0.3) is 0 Å². The summed E-state index contributed by atoms with van der Waals surface area (Å²) in [5.41, 5.74) is 6.75. The number of nitrogens with two attached hydrogens (primary N) is 1. The Kier molecular flexibility index (Phi) is 12.5. The minimum atomic E-state index is -1.67. The van der Waals surface area contributed by atoms with Gasteiger partial charge in [0, 0.05) is 0 Å². The van der Waals surface area contributed by atoms with Crippen molar-refractivity contribution in [2.75, 3.05) is 0 Å². The molecule has 0 fully saturated rings. The van der Waals surface area contributed by atoms with E-state index >= 15 is 0 Å². The molecule has 12 nitrogen and oxygen atoms in total. The number of aliphatic carboxylic acids is 2. The maximum atomic E-state index is 13.1. The molecule has 8 N–H and O–H groups in total. The largest absolute Gasteiger partial charge is 0.508 e. The lowest BCUT2D eigenvalue weighted by atomic mass is 9.99. The highest BCUT2D eigenvalue weighted by atomic mass is 16.4. The van der Waals surface area contributed by atoms with Crippen LogP contribution >= 0.6 is 0 Å². The van der Waals surface area contributed by atoms with Gasteiger partial charge in [0.05, 0.1) is 12.5 Å². The van der Waals surface area contributed by atoms with Gasteiger partial charge in [-0.3, -0.25) is 19.2 Å². The Bertz CT molecular complexity index is 949. The molecule has 0 radical (unpaired) electrons. The quantitative estimate of drug-likeness (QED) is 0.169. The van der Waals surface area contributed by atoms with E-state index in [-0.39, 0.29) is 36.8 Å². The summed E-state index contributed by atoms with van der Waals surface area (Å²) in [5.74, 6) is -4.99. The van der Waals surface area contributed by atoms with Crippen molar-refractivity contribution < 1.29 is 39.3 Å². The average Bonchev–Trinajstić information content (AvgIpc) is 2.78. The fourth-order valence-electron chi connectivity index (χ4n) is 3.58. The summed E-state index contributed by atoms with van der Waals surface area (Å²) in [7, 11) is 0. The first-order chi connectivity index (χ1) is 17.2. The van der Waals surface area contributed by atoms with E-state index in [1.807, 2.05) is 13.8 Å². The number of nitrogens with one attached hydrogen (secondary N) is 3. The van der Waals surface area contributed by atoms with Gasteiger partial charge in [0.1, 0.15) is 23.9 Å². The Labute approximate surface area is 216 Å². The van der Waals surface area contributed by atoms with E-state index in [9.17, 15) is 34.2 Å². The van der Waals surface area contributed by atoms with E-state index in [1.54, 1.807) is 26.0 Å². The van der Waals surface area contributed by atoms with Gasteiger partial charge in [-0.05, 0) is 48.8 Å². The van der Waals surface area contributed by atoms with Gasteiger partial charge in [0.2, 0.25) is 17.7 Å². The number of rotatable bonds is 15. The molecule has 0 heterocycles. The third kappa shape index (κ3) is 11.7. The summed E-state index contributed by atoms with van der Waals surface area (Å²) in [6.07, 6.45) is -0.259. The van der Waals surface area contributed by atoms with Gasteiger partial charge in [-0.1, -0.05) is 39.8 Å². The molecule has 0 spiro atoms. The van der Waals surface area contributed by atoms with Crippen LogP contribution in [0.2, 0.25) is 0 Å². The molecule has 1 aromatic rings. The molecule has 0 bridgehead atoms. The van der Waals surface area contributed by atoms with Gasteiger partial charge in [-0.25, -0.2) is 4.79 Å². The van der Waals surface area contributed by atoms with Crippen molar-refractivity contribution in [3.8, 4) is 5.75 Å². The van der Waals surface area contributed by atoms with Gasteiger partial charge in [-0.2, -0.15) is 0 Å². The summed E-state index contributed by atoms with van der Waals surface area (Å²) < 4.78 is 0. The predicted molar refractivity (Wildman–Crippen MR) is 134 cm³/mol. The van der Waals surface area contributed by atoms with Crippen LogP contribution in [0.3, 0.4) is 0 Å². The number of carbonyl (C=O) groups is 5. The minimum absolute atomic E-state index is 0.00583. The fraction of sp³-hybridized carbons (Fsp3) is 0.560. The molecule has 0 aliphatic carbocycles. The number of carboxylic acids is 2. The van der Waals surface area contributed by atoms with Crippen molar-refractivity contribution in [3.63, 3.8) is 0 Å². The standard InChI is InChI=1S/C25H38N4O8/c1-13(2)9-18(27-22(33)17(26)11-15-5-7-16(30)8-6-15)23(34)28-19(10-14(3)4)24(35)29-20(25(36)37)12-21(31)32/h5-8,13-14,17-20,30H,9-12,26H2,1-4H3,(H,27,33)(H,28,34)(H,29,35)(H,31,32)(H,36,37). The number of aromatic hydroxyl groups is 1. The Balaban J connectivity index is 2.97. The third-order valence-electron chi connectivity index (χ3n) is 5.40. The topological polar surface area (TPSA) is 208 Å². The molecule has 0 aliphatic rings. The van der Waals surface area contributed by atoms with Gasteiger partial charge in [-0.15, -0.1) is 0 Å². The van der Waals surface area contributed by atoms with Crippen molar-refractivity contribution in [2.45, 2.75) is 77.5 Å². The van der Waals surface area contributed by atoms with Crippen LogP contribution < -0.4 is 21.7 Å². The molecule has 0 aromatic heterocycles. The van der Waals surface area contributed by atoms with E-state index in [1.165, 1.54) is 12.1 Å². The van der Waals surface area contributed by atoms with E-state index in [0.29, 0.717) is 5.56 Å². The maximum absolute atomic E-state index is 13.1. The molecule has 4 unspecified atom stereocenters. The van der Waals surface area contributed by atoms with Crippen molar-refractivity contribution >= 4 is 29.7 Å². The normalized spacial score (nSPS) is 14.4. The highest BCUT2D eigenvalue weighted by Crippen LogP contribution is 2.12. The number of carboxylic acid groups (broad SMARTS) is 2. The molecule has 0 aliphatic heterocycles. The highest BCUT2D eigenvalue weighted by Gasteiger charge is 2.31. The van der Waals surface area contributed by atoms with E-state index in [0.717, 1.165) is 0 Å². The maximum Gasteiger partial charge on any atom is 0.326 e. The number of hydrogen-bond donors (Lipinski definition) is 7. The fourth-order valence-corrected chi connectivity index (χ4v) is 3.58. The SMILES string of the molecule is CC(C)CC(NC(=O)C(N)Cc1ccc(O)cc1)C(=O)NC(CC(C)C)C(=O)NC(CC(=O)O)C(=O)O. The van der Waals surface area contributed by atoms with E-state index < -0.39 is 60.2 Å². The zero-order valence-electron chi connectivity index (χ0n) is 21.6. The van der Waals surface area contributed by atoms with Crippen LogP contribution in [0.5, 0.6) is 5.75 Å². The monoisotopic (exact) mass is 522 g/mol. The summed E-state index contributed by atoms with van der Waals surface area (Å²) in [6.45, 7) is 7.30. The van der Waals surface area contributed by atoms with Gasteiger partial charge < -0.3 is 37.0 Å². The lowest BCUT2D eigenvalue weighted by molar-refractivity contribution is -0.147. The van der Waals surface area contributed by atoms with Crippen LogP contribution in [-0.2, 0) is 30.4 Å². The lowest BCUT2D eigenvalue weighted by Gasteiger charge is -2.26. The highest BCUT2D eigenvalue weighted by molar-refractivity contribution is 5.94. The number of benzene rings is 1. The Morgan fingerprint density at radius 3 is 1.59 bits per heavy atom. The molecule has 4 atom stereocenters. The Hall–Kier alpha value is -3.67. The van der Waals surface area contributed by atoms with Crippen molar-refractivity contribution in [3.05, 3.63) is 29.8 Å². The summed E-state index contributed by atoms with van der Waals surface area (Å²) in [4.78, 5) is 61.0. The number of amides is 3. The molecular formula is C25H38N4O8. The molecule has 12 heteroatoms. The van der Waals surface area contributed by atoms with Crippen LogP contribution in [0, 0.1) is 11.8 Å². The van der Waals surface area contributed by atoms with Crippen LogP contribution in [0.4, 0.5) is 0 Å². The molecule has 3 amide bonds. The molecule has 0 saturated carbocycles. The summed E-state index contributed by atoms with van der Waals surface area (Å²) in [6, 6.07) is 1.39. The Morgan fingerprint density at radius 2 is 1.19 bits per heavy atom. The molecule has 1 rings (SSSR count). The number of phenols is 1. The van der Waals surface area contributed by atoms with Gasteiger partial charge in [0.25, 0.3) is 0 Å². The smallest absolute Gasteiger partial charge is 0.326 e. The van der Waals surface area contributed by atoms with Gasteiger partial charge >= 0.3 is 11.9 Å². The zero-order chi connectivity index (χ0) is 28.3. The number of phenolic OH excluding ortho intramolecular Hbond substituents is 1. The van der Waals surface area contributed by atoms with Crippen LogP contribution in [0.1, 0.15) is 52.5 Å². The van der Waals surface area contributed by atoms with Gasteiger partial charge in [0.15, 0.2) is 0 Å². The predicted octanol–water partition coefficient (Wildman–Crippen LogP) is 0.368. The molecule has 37 heavy (non-hydrogen) atoms.